The lowest BCUT2D eigenvalue weighted by molar-refractivity contribution is 0.0267. The summed E-state index contributed by atoms with van der Waals surface area (Å²) in [5.74, 6) is -0.219. The van der Waals surface area contributed by atoms with E-state index < -0.39 is 6.10 Å². The highest BCUT2D eigenvalue weighted by molar-refractivity contribution is 5.36. The molecule has 0 bridgehead atoms. The molecule has 0 amide bonds. The summed E-state index contributed by atoms with van der Waals surface area (Å²) in [5.41, 5.74) is 2.38. The van der Waals surface area contributed by atoms with Crippen molar-refractivity contribution in [3.8, 4) is 0 Å². The van der Waals surface area contributed by atoms with Gasteiger partial charge in [-0.15, -0.1) is 0 Å². The Morgan fingerprint density at radius 1 is 1.10 bits per heavy atom. The monoisotopic (exact) mass is 270 g/mol. The smallest absolute Gasteiger partial charge is 0.126 e. The second kappa shape index (κ2) is 5.02. The molecular weight excluding hydrogens is 251 g/mol. The summed E-state index contributed by atoms with van der Waals surface area (Å²) >= 11 is 0. The summed E-state index contributed by atoms with van der Waals surface area (Å²) in [4.78, 5) is 0. The van der Waals surface area contributed by atoms with Crippen LogP contribution in [0.3, 0.4) is 0 Å². The molecule has 1 N–H and O–H groups in total. The minimum Gasteiger partial charge on any atom is -0.387 e. The number of halogens is 1. The van der Waals surface area contributed by atoms with E-state index in [1.165, 1.54) is 11.6 Å². The first-order chi connectivity index (χ1) is 9.63. The molecule has 1 aliphatic carbocycles. The SMILES string of the molecule is Cc1cc(C(O)C2(c3ccccc3)CCC2)ccc1F. The molecule has 0 aliphatic heterocycles. The standard InChI is InChI=1S/C18H19FO/c1-13-12-14(8-9-16(13)19)17(20)18(10-5-11-18)15-6-3-2-4-7-15/h2-4,6-9,12,17,20H,5,10-11H2,1H3. The van der Waals surface area contributed by atoms with Crippen molar-refractivity contribution in [1.29, 1.82) is 0 Å². The fourth-order valence-corrected chi connectivity index (χ4v) is 3.20. The molecule has 1 aliphatic rings. The Labute approximate surface area is 119 Å². The summed E-state index contributed by atoms with van der Waals surface area (Å²) in [7, 11) is 0. The molecule has 1 unspecified atom stereocenters. The molecule has 1 nitrogen and oxygen atoms in total. The van der Waals surface area contributed by atoms with Crippen molar-refractivity contribution in [3.05, 3.63) is 71.0 Å². The number of hydrogen-bond donors (Lipinski definition) is 1. The van der Waals surface area contributed by atoms with E-state index in [1.54, 1.807) is 19.1 Å². The average Bonchev–Trinajstić information content (AvgIpc) is 2.42. The van der Waals surface area contributed by atoms with Crippen molar-refractivity contribution in [1.82, 2.24) is 0 Å². The molecular formula is C18H19FO. The van der Waals surface area contributed by atoms with Crippen LogP contribution >= 0.6 is 0 Å². The molecule has 1 saturated carbocycles. The van der Waals surface area contributed by atoms with Gasteiger partial charge < -0.3 is 5.11 Å². The van der Waals surface area contributed by atoms with Crippen molar-refractivity contribution in [2.75, 3.05) is 0 Å². The highest BCUT2D eigenvalue weighted by atomic mass is 19.1. The minimum absolute atomic E-state index is 0.203. The molecule has 0 saturated heterocycles. The topological polar surface area (TPSA) is 20.2 Å². The van der Waals surface area contributed by atoms with Gasteiger partial charge in [0, 0.05) is 5.41 Å². The molecule has 20 heavy (non-hydrogen) atoms. The third kappa shape index (κ3) is 2.04. The molecule has 2 heteroatoms. The quantitative estimate of drug-likeness (QED) is 0.882. The maximum absolute atomic E-state index is 13.4. The molecule has 1 atom stereocenters. The molecule has 0 heterocycles. The van der Waals surface area contributed by atoms with Gasteiger partial charge in [0.25, 0.3) is 0 Å². The Morgan fingerprint density at radius 2 is 1.80 bits per heavy atom. The Bertz CT molecular complexity index is 602. The maximum atomic E-state index is 13.4. The normalized spacial score (nSPS) is 18.4. The van der Waals surface area contributed by atoms with Gasteiger partial charge in [-0.05, 0) is 42.5 Å². The lowest BCUT2D eigenvalue weighted by atomic mass is 9.60. The van der Waals surface area contributed by atoms with Crippen LogP contribution < -0.4 is 0 Å². The number of benzene rings is 2. The van der Waals surface area contributed by atoms with E-state index in [0.717, 1.165) is 24.8 Å². The van der Waals surface area contributed by atoms with Crippen LogP contribution in [0.25, 0.3) is 0 Å². The van der Waals surface area contributed by atoms with Crippen LogP contribution in [0.4, 0.5) is 4.39 Å². The van der Waals surface area contributed by atoms with Gasteiger partial charge >= 0.3 is 0 Å². The van der Waals surface area contributed by atoms with Gasteiger partial charge in [0.1, 0.15) is 5.82 Å². The zero-order valence-corrected chi connectivity index (χ0v) is 11.6. The number of aliphatic hydroxyl groups is 1. The van der Waals surface area contributed by atoms with Crippen LogP contribution in [0, 0.1) is 12.7 Å². The number of aryl methyl sites for hydroxylation is 1. The fourth-order valence-electron chi connectivity index (χ4n) is 3.20. The predicted molar refractivity (Wildman–Crippen MR) is 78.1 cm³/mol. The highest BCUT2D eigenvalue weighted by Gasteiger charge is 2.45. The molecule has 1 fully saturated rings. The zero-order chi connectivity index (χ0) is 14.2. The Morgan fingerprint density at radius 3 is 2.35 bits per heavy atom. The maximum Gasteiger partial charge on any atom is 0.126 e. The van der Waals surface area contributed by atoms with Gasteiger partial charge in [0.2, 0.25) is 0 Å². The first-order valence-electron chi connectivity index (χ1n) is 7.13. The summed E-state index contributed by atoms with van der Waals surface area (Å²) in [5, 5.41) is 10.8. The summed E-state index contributed by atoms with van der Waals surface area (Å²) in [6.07, 6.45) is 2.52. The number of aliphatic hydroxyl groups excluding tert-OH is 1. The van der Waals surface area contributed by atoms with Crippen molar-refractivity contribution in [2.24, 2.45) is 0 Å². The Kier molecular flexibility index (Phi) is 3.35. The molecule has 3 rings (SSSR count). The van der Waals surface area contributed by atoms with Gasteiger partial charge in [-0.1, -0.05) is 48.9 Å². The highest BCUT2D eigenvalue weighted by Crippen LogP contribution is 2.52. The van der Waals surface area contributed by atoms with Gasteiger partial charge in [-0.2, -0.15) is 0 Å². The minimum atomic E-state index is -0.571. The van der Waals surface area contributed by atoms with Crippen molar-refractivity contribution >= 4 is 0 Å². The van der Waals surface area contributed by atoms with E-state index in [2.05, 4.69) is 12.1 Å². The van der Waals surface area contributed by atoms with E-state index in [0.29, 0.717) is 5.56 Å². The van der Waals surface area contributed by atoms with Crippen molar-refractivity contribution in [3.63, 3.8) is 0 Å². The number of hydrogen-bond acceptors (Lipinski definition) is 1. The lowest BCUT2D eigenvalue weighted by Crippen LogP contribution is -2.40. The van der Waals surface area contributed by atoms with E-state index in [1.807, 2.05) is 18.2 Å². The van der Waals surface area contributed by atoms with Crippen LogP contribution in [0.2, 0.25) is 0 Å². The molecule has 0 radical (unpaired) electrons. The van der Waals surface area contributed by atoms with Gasteiger partial charge in [-0.3, -0.25) is 0 Å². The van der Waals surface area contributed by atoms with Crippen LogP contribution in [0.15, 0.2) is 48.5 Å². The molecule has 0 aromatic heterocycles. The third-order valence-electron chi connectivity index (χ3n) is 4.62. The summed E-state index contributed by atoms with van der Waals surface area (Å²) in [6, 6.07) is 15.1. The first kappa shape index (κ1) is 13.3. The third-order valence-corrected chi connectivity index (χ3v) is 4.62. The van der Waals surface area contributed by atoms with E-state index in [-0.39, 0.29) is 11.2 Å². The summed E-state index contributed by atoms with van der Waals surface area (Å²) < 4.78 is 13.4. The summed E-state index contributed by atoms with van der Waals surface area (Å²) in [6.45, 7) is 1.74. The first-order valence-corrected chi connectivity index (χ1v) is 7.13. The molecule has 2 aromatic rings. The second-order valence-electron chi connectivity index (χ2n) is 5.79. The molecule has 2 aromatic carbocycles. The average molecular weight is 270 g/mol. The van der Waals surface area contributed by atoms with Gasteiger partial charge in [0.15, 0.2) is 0 Å². The van der Waals surface area contributed by atoms with Crippen LogP contribution in [0.5, 0.6) is 0 Å². The Hall–Kier alpha value is -1.67. The van der Waals surface area contributed by atoms with Crippen molar-refractivity contribution < 1.29 is 9.50 Å². The van der Waals surface area contributed by atoms with Gasteiger partial charge in [0.05, 0.1) is 6.10 Å². The van der Waals surface area contributed by atoms with E-state index in [4.69, 9.17) is 0 Å². The lowest BCUT2D eigenvalue weighted by Gasteiger charge is -2.46. The van der Waals surface area contributed by atoms with Crippen LogP contribution in [-0.4, -0.2) is 5.11 Å². The zero-order valence-electron chi connectivity index (χ0n) is 11.6. The number of rotatable bonds is 3. The fraction of sp³-hybridized carbons (Fsp3) is 0.333. The van der Waals surface area contributed by atoms with Crippen LogP contribution in [-0.2, 0) is 5.41 Å². The second-order valence-corrected chi connectivity index (χ2v) is 5.79. The van der Waals surface area contributed by atoms with Crippen LogP contribution in [0.1, 0.15) is 42.1 Å². The largest absolute Gasteiger partial charge is 0.387 e. The molecule has 104 valence electrons. The van der Waals surface area contributed by atoms with Gasteiger partial charge in [-0.25, -0.2) is 4.39 Å². The Balaban J connectivity index is 1.99. The predicted octanol–water partition coefficient (Wildman–Crippen LogP) is 4.29. The van der Waals surface area contributed by atoms with Crippen molar-refractivity contribution in [2.45, 2.75) is 37.7 Å². The van der Waals surface area contributed by atoms with E-state index >= 15 is 0 Å². The van der Waals surface area contributed by atoms with E-state index in [9.17, 15) is 9.50 Å². The molecule has 0 spiro atoms.